The normalized spacial score (nSPS) is 19.8. The lowest BCUT2D eigenvalue weighted by molar-refractivity contribution is -0.139. The molecule has 1 aromatic rings. The Kier molecular flexibility index (Phi) is 4.14. The molecule has 0 heterocycles. The molecule has 1 saturated carbocycles. The SMILES string of the molecule is CC(C)CC(N)C1(c2ccccc2C(F)(F)F)CCC1. The molecule has 1 fully saturated rings. The molecule has 0 aromatic heterocycles. The second-order valence-corrected chi connectivity index (χ2v) is 6.29. The van der Waals surface area contributed by atoms with Crippen molar-refractivity contribution in [2.24, 2.45) is 11.7 Å². The number of hydrogen-bond acceptors (Lipinski definition) is 1. The first-order valence-corrected chi connectivity index (χ1v) is 7.19. The van der Waals surface area contributed by atoms with Crippen molar-refractivity contribution < 1.29 is 13.2 Å². The smallest absolute Gasteiger partial charge is 0.327 e. The van der Waals surface area contributed by atoms with Crippen molar-refractivity contribution in [2.75, 3.05) is 0 Å². The average molecular weight is 285 g/mol. The van der Waals surface area contributed by atoms with Gasteiger partial charge < -0.3 is 5.73 Å². The van der Waals surface area contributed by atoms with Crippen LogP contribution < -0.4 is 5.73 Å². The molecule has 0 spiro atoms. The molecule has 1 aliphatic rings. The van der Waals surface area contributed by atoms with E-state index in [2.05, 4.69) is 13.8 Å². The van der Waals surface area contributed by atoms with E-state index in [1.54, 1.807) is 12.1 Å². The molecule has 20 heavy (non-hydrogen) atoms. The zero-order chi connectivity index (χ0) is 15.0. The predicted octanol–water partition coefficient (Wildman–Crippen LogP) is 4.50. The number of benzene rings is 1. The van der Waals surface area contributed by atoms with Gasteiger partial charge in [-0.1, -0.05) is 38.5 Å². The van der Waals surface area contributed by atoms with Crippen molar-refractivity contribution in [2.45, 2.75) is 57.2 Å². The first kappa shape index (κ1) is 15.4. The van der Waals surface area contributed by atoms with E-state index in [9.17, 15) is 13.2 Å². The molecule has 1 atom stereocenters. The minimum absolute atomic E-state index is 0.209. The lowest BCUT2D eigenvalue weighted by Gasteiger charge is -2.48. The van der Waals surface area contributed by atoms with Crippen LogP contribution in [-0.4, -0.2) is 6.04 Å². The Hall–Kier alpha value is -1.03. The fraction of sp³-hybridized carbons (Fsp3) is 0.625. The largest absolute Gasteiger partial charge is 0.416 e. The van der Waals surface area contributed by atoms with Gasteiger partial charge in [0.1, 0.15) is 0 Å². The van der Waals surface area contributed by atoms with Gasteiger partial charge in [-0.2, -0.15) is 13.2 Å². The van der Waals surface area contributed by atoms with Gasteiger partial charge in [0.05, 0.1) is 5.56 Å². The van der Waals surface area contributed by atoms with E-state index in [4.69, 9.17) is 5.73 Å². The molecule has 2 rings (SSSR count). The maximum atomic E-state index is 13.2. The van der Waals surface area contributed by atoms with Gasteiger partial charge in [0.15, 0.2) is 0 Å². The van der Waals surface area contributed by atoms with E-state index in [-0.39, 0.29) is 6.04 Å². The number of rotatable bonds is 4. The van der Waals surface area contributed by atoms with E-state index in [0.29, 0.717) is 11.5 Å². The van der Waals surface area contributed by atoms with Gasteiger partial charge in [-0.05, 0) is 36.8 Å². The van der Waals surface area contributed by atoms with E-state index < -0.39 is 17.2 Å². The van der Waals surface area contributed by atoms with E-state index >= 15 is 0 Å². The molecule has 0 bridgehead atoms. The number of nitrogens with two attached hydrogens (primary N) is 1. The van der Waals surface area contributed by atoms with Gasteiger partial charge >= 0.3 is 6.18 Å². The second kappa shape index (κ2) is 5.40. The Morgan fingerprint density at radius 1 is 1.20 bits per heavy atom. The van der Waals surface area contributed by atoms with Crippen LogP contribution in [-0.2, 0) is 11.6 Å². The topological polar surface area (TPSA) is 26.0 Å². The maximum Gasteiger partial charge on any atom is 0.416 e. The summed E-state index contributed by atoms with van der Waals surface area (Å²) in [5.41, 5.74) is 5.68. The molecular weight excluding hydrogens is 263 g/mol. The monoisotopic (exact) mass is 285 g/mol. The third kappa shape index (κ3) is 2.71. The van der Waals surface area contributed by atoms with Gasteiger partial charge in [0.25, 0.3) is 0 Å². The molecule has 1 aliphatic carbocycles. The minimum atomic E-state index is -4.31. The van der Waals surface area contributed by atoms with Gasteiger partial charge in [0, 0.05) is 11.5 Å². The zero-order valence-electron chi connectivity index (χ0n) is 12.0. The molecule has 2 N–H and O–H groups in total. The van der Waals surface area contributed by atoms with E-state index in [0.717, 1.165) is 25.7 Å². The summed E-state index contributed by atoms with van der Waals surface area (Å²) in [5, 5.41) is 0. The number of alkyl halides is 3. The highest BCUT2D eigenvalue weighted by Gasteiger charge is 2.48. The zero-order valence-corrected chi connectivity index (χ0v) is 12.0. The molecule has 0 amide bonds. The van der Waals surface area contributed by atoms with Gasteiger partial charge in [-0.3, -0.25) is 0 Å². The van der Waals surface area contributed by atoms with Crippen LogP contribution in [0.25, 0.3) is 0 Å². The van der Waals surface area contributed by atoms with Crippen molar-refractivity contribution in [3.63, 3.8) is 0 Å². The quantitative estimate of drug-likeness (QED) is 0.866. The Balaban J connectivity index is 2.42. The summed E-state index contributed by atoms with van der Waals surface area (Å²) in [4.78, 5) is 0. The molecule has 1 nitrogen and oxygen atoms in total. The lowest BCUT2D eigenvalue weighted by atomic mass is 9.58. The van der Waals surface area contributed by atoms with Crippen LogP contribution in [0.15, 0.2) is 24.3 Å². The van der Waals surface area contributed by atoms with Gasteiger partial charge in [-0.15, -0.1) is 0 Å². The molecular formula is C16H22F3N. The first-order chi connectivity index (χ1) is 9.27. The summed E-state index contributed by atoms with van der Waals surface area (Å²) in [6, 6.07) is 5.72. The first-order valence-electron chi connectivity index (χ1n) is 7.19. The third-order valence-corrected chi connectivity index (χ3v) is 4.45. The van der Waals surface area contributed by atoms with Crippen LogP contribution in [0.4, 0.5) is 13.2 Å². The van der Waals surface area contributed by atoms with Crippen LogP contribution in [0, 0.1) is 5.92 Å². The average Bonchev–Trinajstić information content (AvgIpc) is 2.25. The molecule has 0 aliphatic heterocycles. The minimum Gasteiger partial charge on any atom is -0.327 e. The molecule has 4 heteroatoms. The van der Waals surface area contributed by atoms with Crippen molar-refractivity contribution >= 4 is 0 Å². The van der Waals surface area contributed by atoms with Gasteiger partial charge in [-0.25, -0.2) is 0 Å². The second-order valence-electron chi connectivity index (χ2n) is 6.29. The summed E-state index contributed by atoms with van der Waals surface area (Å²) in [6.45, 7) is 4.11. The highest BCUT2D eigenvalue weighted by atomic mass is 19.4. The summed E-state index contributed by atoms with van der Waals surface area (Å²) < 4.78 is 39.7. The molecule has 0 saturated heterocycles. The Morgan fingerprint density at radius 2 is 1.80 bits per heavy atom. The highest BCUT2D eigenvalue weighted by molar-refractivity contribution is 5.39. The maximum absolute atomic E-state index is 13.2. The van der Waals surface area contributed by atoms with Crippen molar-refractivity contribution in [3.8, 4) is 0 Å². The van der Waals surface area contributed by atoms with Crippen LogP contribution in [0.2, 0.25) is 0 Å². The van der Waals surface area contributed by atoms with Gasteiger partial charge in [0.2, 0.25) is 0 Å². The summed E-state index contributed by atoms with van der Waals surface area (Å²) in [7, 11) is 0. The lowest BCUT2D eigenvalue weighted by Crippen LogP contribution is -2.51. The van der Waals surface area contributed by atoms with Crippen molar-refractivity contribution in [3.05, 3.63) is 35.4 Å². The number of hydrogen-bond donors (Lipinski definition) is 1. The Labute approximate surface area is 118 Å². The fourth-order valence-electron chi connectivity index (χ4n) is 3.30. The summed E-state index contributed by atoms with van der Waals surface area (Å²) >= 11 is 0. The van der Waals surface area contributed by atoms with E-state index in [1.165, 1.54) is 12.1 Å². The van der Waals surface area contributed by atoms with Crippen LogP contribution in [0.5, 0.6) is 0 Å². The standard InChI is InChI=1S/C16H22F3N/c1-11(2)10-14(20)15(8-5-9-15)12-6-3-4-7-13(12)16(17,18)19/h3-4,6-7,11,14H,5,8-10,20H2,1-2H3. The third-order valence-electron chi connectivity index (χ3n) is 4.45. The number of halogens is 3. The van der Waals surface area contributed by atoms with Crippen molar-refractivity contribution in [1.82, 2.24) is 0 Å². The van der Waals surface area contributed by atoms with Crippen molar-refractivity contribution in [1.29, 1.82) is 0 Å². The summed E-state index contributed by atoms with van der Waals surface area (Å²) in [5.74, 6) is 0.389. The highest BCUT2D eigenvalue weighted by Crippen LogP contribution is 2.50. The predicted molar refractivity (Wildman–Crippen MR) is 74.4 cm³/mol. The Bertz CT molecular complexity index is 461. The molecule has 1 unspecified atom stereocenters. The Morgan fingerprint density at radius 3 is 2.25 bits per heavy atom. The molecule has 1 aromatic carbocycles. The van der Waals surface area contributed by atoms with Crippen LogP contribution >= 0.6 is 0 Å². The summed E-state index contributed by atoms with van der Waals surface area (Å²) in [6.07, 6.45) is -1.08. The van der Waals surface area contributed by atoms with Crippen LogP contribution in [0.3, 0.4) is 0 Å². The van der Waals surface area contributed by atoms with Crippen LogP contribution in [0.1, 0.15) is 50.7 Å². The molecule has 112 valence electrons. The van der Waals surface area contributed by atoms with E-state index in [1.807, 2.05) is 0 Å². The fourth-order valence-corrected chi connectivity index (χ4v) is 3.30. The molecule has 0 radical (unpaired) electrons.